The van der Waals surface area contributed by atoms with Crippen LogP contribution in [0.3, 0.4) is 0 Å². The Morgan fingerprint density at radius 3 is 2.79 bits per heavy atom. The van der Waals surface area contributed by atoms with Crippen molar-refractivity contribution < 1.29 is 4.74 Å². The topological polar surface area (TPSA) is 24.5 Å². The maximum Gasteiger partial charge on any atom is 0.122 e. The van der Waals surface area contributed by atoms with E-state index in [2.05, 4.69) is 43.1 Å². The van der Waals surface area contributed by atoms with Gasteiger partial charge in [0.25, 0.3) is 0 Å². The van der Waals surface area contributed by atoms with Crippen LogP contribution in [0.5, 0.6) is 5.75 Å². The molecule has 1 N–H and O–H groups in total. The molecule has 0 amide bonds. The predicted octanol–water partition coefficient (Wildman–Crippen LogP) is 2.31. The van der Waals surface area contributed by atoms with Crippen LogP contribution in [0.2, 0.25) is 0 Å². The lowest BCUT2D eigenvalue weighted by Crippen LogP contribution is -2.60. The van der Waals surface area contributed by atoms with Crippen LogP contribution in [-0.2, 0) is 6.42 Å². The van der Waals surface area contributed by atoms with Crippen molar-refractivity contribution in [2.45, 2.75) is 38.8 Å². The summed E-state index contributed by atoms with van der Waals surface area (Å²) in [4.78, 5) is 2.61. The molecule has 1 heterocycles. The van der Waals surface area contributed by atoms with Crippen LogP contribution >= 0.6 is 0 Å². The van der Waals surface area contributed by atoms with Gasteiger partial charge in [-0.1, -0.05) is 18.2 Å². The van der Waals surface area contributed by atoms with Gasteiger partial charge in [-0.05, 0) is 38.8 Å². The highest BCUT2D eigenvalue weighted by molar-refractivity contribution is 5.33. The van der Waals surface area contributed by atoms with Crippen LogP contribution in [0.4, 0.5) is 0 Å². The maximum absolute atomic E-state index is 5.45. The summed E-state index contributed by atoms with van der Waals surface area (Å²) in [7, 11) is 1.75. The largest absolute Gasteiger partial charge is 0.496 e. The van der Waals surface area contributed by atoms with Gasteiger partial charge in [0, 0.05) is 31.2 Å². The highest BCUT2D eigenvalue weighted by Gasteiger charge is 2.32. The summed E-state index contributed by atoms with van der Waals surface area (Å²) in [5, 5.41) is 3.48. The average Bonchev–Trinajstić information content (AvgIpc) is 2.38. The van der Waals surface area contributed by atoms with Gasteiger partial charge in [-0.3, -0.25) is 4.90 Å². The SMILES string of the molecule is COc1ccccc1CC(C)N1CCNCC1(C)C. The number of benzene rings is 1. The molecule has 1 aliphatic rings. The van der Waals surface area contributed by atoms with E-state index in [1.807, 2.05) is 12.1 Å². The van der Waals surface area contributed by atoms with E-state index in [4.69, 9.17) is 4.74 Å². The monoisotopic (exact) mass is 262 g/mol. The van der Waals surface area contributed by atoms with Crippen LogP contribution < -0.4 is 10.1 Å². The number of nitrogens with one attached hydrogen (secondary N) is 1. The molecular weight excluding hydrogens is 236 g/mol. The van der Waals surface area contributed by atoms with Crippen molar-refractivity contribution in [1.82, 2.24) is 10.2 Å². The lowest BCUT2D eigenvalue weighted by molar-refractivity contribution is 0.0520. The van der Waals surface area contributed by atoms with E-state index in [0.29, 0.717) is 6.04 Å². The van der Waals surface area contributed by atoms with E-state index in [1.54, 1.807) is 7.11 Å². The molecule has 106 valence electrons. The van der Waals surface area contributed by atoms with Crippen LogP contribution in [0.1, 0.15) is 26.3 Å². The van der Waals surface area contributed by atoms with E-state index >= 15 is 0 Å². The first-order chi connectivity index (χ1) is 9.04. The molecule has 1 fully saturated rings. The second-order valence-corrected chi connectivity index (χ2v) is 6.05. The number of rotatable bonds is 4. The summed E-state index contributed by atoms with van der Waals surface area (Å²) in [5.74, 6) is 1.00. The van der Waals surface area contributed by atoms with Crippen molar-refractivity contribution in [3.63, 3.8) is 0 Å². The zero-order valence-corrected chi connectivity index (χ0v) is 12.6. The number of methoxy groups -OCH3 is 1. The van der Waals surface area contributed by atoms with Gasteiger partial charge < -0.3 is 10.1 Å². The highest BCUT2D eigenvalue weighted by atomic mass is 16.5. The minimum atomic E-state index is 0.222. The van der Waals surface area contributed by atoms with Crippen LogP contribution in [-0.4, -0.2) is 43.2 Å². The number of nitrogens with zero attached hydrogens (tertiary/aromatic N) is 1. The molecule has 0 radical (unpaired) electrons. The molecule has 1 aromatic carbocycles. The molecule has 0 aliphatic carbocycles. The Morgan fingerprint density at radius 1 is 1.37 bits per heavy atom. The third-order valence-corrected chi connectivity index (χ3v) is 4.10. The molecule has 1 saturated heterocycles. The van der Waals surface area contributed by atoms with Gasteiger partial charge in [0.05, 0.1) is 7.11 Å². The van der Waals surface area contributed by atoms with Crippen LogP contribution in [0.15, 0.2) is 24.3 Å². The smallest absolute Gasteiger partial charge is 0.122 e. The summed E-state index contributed by atoms with van der Waals surface area (Å²) < 4.78 is 5.45. The van der Waals surface area contributed by atoms with E-state index < -0.39 is 0 Å². The van der Waals surface area contributed by atoms with Crippen molar-refractivity contribution in [2.75, 3.05) is 26.7 Å². The number of hydrogen-bond donors (Lipinski definition) is 1. The third-order valence-electron chi connectivity index (χ3n) is 4.10. The minimum Gasteiger partial charge on any atom is -0.496 e. The molecule has 1 atom stereocenters. The van der Waals surface area contributed by atoms with Crippen molar-refractivity contribution in [3.05, 3.63) is 29.8 Å². The fourth-order valence-corrected chi connectivity index (χ4v) is 3.12. The molecular formula is C16H26N2O. The zero-order chi connectivity index (χ0) is 13.9. The lowest BCUT2D eigenvalue weighted by Gasteiger charge is -2.46. The minimum absolute atomic E-state index is 0.222. The van der Waals surface area contributed by atoms with Crippen LogP contribution in [0.25, 0.3) is 0 Å². The first kappa shape index (κ1) is 14.4. The van der Waals surface area contributed by atoms with Gasteiger partial charge in [0.15, 0.2) is 0 Å². The van der Waals surface area contributed by atoms with Gasteiger partial charge in [-0.25, -0.2) is 0 Å². The van der Waals surface area contributed by atoms with Gasteiger partial charge in [-0.2, -0.15) is 0 Å². The Balaban J connectivity index is 2.09. The molecule has 3 heteroatoms. The number of piperazine rings is 1. The molecule has 0 bridgehead atoms. The Labute approximate surface area is 116 Å². The molecule has 1 aliphatic heterocycles. The molecule has 0 saturated carbocycles. The average molecular weight is 262 g/mol. The van der Waals surface area contributed by atoms with Crippen molar-refractivity contribution in [1.29, 1.82) is 0 Å². The van der Waals surface area contributed by atoms with Crippen LogP contribution in [0, 0.1) is 0 Å². The number of hydrogen-bond acceptors (Lipinski definition) is 3. The van der Waals surface area contributed by atoms with Gasteiger partial charge in [-0.15, -0.1) is 0 Å². The molecule has 1 aromatic rings. The van der Waals surface area contributed by atoms with Crippen molar-refractivity contribution in [3.8, 4) is 5.75 Å². The molecule has 0 spiro atoms. The number of ether oxygens (including phenoxy) is 1. The molecule has 0 aromatic heterocycles. The standard InChI is InChI=1S/C16H26N2O/c1-13(18-10-9-17-12-16(18,2)3)11-14-7-5-6-8-15(14)19-4/h5-8,13,17H,9-12H2,1-4H3. The molecule has 19 heavy (non-hydrogen) atoms. The van der Waals surface area contributed by atoms with Gasteiger partial charge in [0.1, 0.15) is 5.75 Å². The first-order valence-corrected chi connectivity index (χ1v) is 7.14. The molecule has 1 unspecified atom stereocenters. The quantitative estimate of drug-likeness (QED) is 0.901. The van der Waals surface area contributed by atoms with Gasteiger partial charge >= 0.3 is 0 Å². The fraction of sp³-hybridized carbons (Fsp3) is 0.625. The Bertz CT molecular complexity index is 417. The second kappa shape index (κ2) is 5.93. The zero-order valence-electron chi connectivity index (χ0n) is 12.6. The predicted molar refractivity (Wildman–Crippen MR) is 79.8 cm³/mol. The summed E-state index contributed by atoms with van der Waals surface area (Å²) in [6.07, 6.45) is 1.04. The second-order valence-electron chi connectivity index (χ2n) is 6.05. The molecule has 3 nitrogen and oxygen atoms in total. The maximum atomic E-state index is 5.45. The number of para-hydroxylation sites is 1. The summed E-state index contributed by atoms with van der Waals surface area (Å²) in [6, 6.07) is 8.86. The summed E-state index contributed by atoms with van der Waals surface area (Å²) >= 11 is 0. The lowest BCUT2D eigenvalue weighted by atomic mass is 9.95. The Kier molecular flexibility index (Phi) is 4.48. The van der Waals surface area contributed by atoms with E-state index in [0.717, 1.165) is 31.8 Å². The van der Waals surface area contributed by atoms with Crippen molar-refractivity contribution >= 4 is 0 Å². The molecule has 2 rings (SSSR count). The van der Waals surface area contributed by atoms with E-state index in [1.165, 1.54) is 5.56 Å². The van der Waals surface area contributed by atoms with E-state index in [-0.39, 0.29) is 5.54 Å². The highest BCUT2D eigenvalue weighted by Crippen LogP contribution is 2.25. The first-order valence-electron chi connectivity index (χ1n) is 7.14. The van der Waals surface area contributed by atoms with E-state index in [9.17, 15) is 0 Å². The van der Waals surface area contributed by atoms with Crippen molar-refractivity contribution in [2.24, 2.45) is 0 Å². The summed E-state index contributed by atoms with van der Waals surface area (Å²) in [6.45, 7) is 10.2. The Hall–Kier alpha value is -1.06. The van der Waals surface area contributed by atoms with Gasteiger partial charge in [0.2, 0.25) is 0 Å². The summed E-state index contributed by atoms with van der Waals surface area (Å²) in [5.41, 5.74) is 1.52. The normalized spacial score (nSPS) is 21.1. The third kappa shape index (κ3) is 3.28. The fourth-order valence-electron chi connectivity index (χ4n) is 3.12. The Morgan fingerprint density at radius 2 is 2.11 bits per heavy atom.